The van der Waals surface area contributed by atoms with Crippen molar-refractivity contribution < 1.29 is 57.5 Å². The molecule has 0 rings (SSSR count). The summed E-state index contributed by atoms with van der Waals surface area (Å²) in [6, 6.07) is 0. The van der Waals surface area contributed by atoms with Crippen molar-refractivity contribution in [2.45, 2.75) is 58.3 Å². The third-order valence-corrected chi connectivity index (χ3v) is 2.67. The summed E-state index contributed by atoms with van der Waals surface area (Å²) in [5.41, 5.74) is 0. The number of rotatable bonds is 10. The maximum absolute atomic E-state index is 10.4. The van der Waals surface area contributed by atoms with E-state index in [1.807, 2.05) is 0 Å². The molecule has 0 unspecified atom stereocenters. The van der Waals surface area contributed by atoms with Crippen molar-refractivity contribution in [3.05, 3.63) is 0 Å². The summed E-state index contributed by atoms with van der Waals surface area (Å²) < 4.78 is 0. The van der Waals surface area contributed by atoms with Crippen molar-refractivity contribution >= 4 is 11.9 Å². The standard InChI is InChI=1S/C12H22O4.2Li/c1-2-3-4-5-6-7-8-9-10(11(13)14)12(15)16;;/h10H,2-9H2,1H3,(H,13,14)(H,15,16);;/q;2*+1/p-2. The zero-order valence-electron chi connectivity index (χ0n) is 11.9. The fourth-order valence-electron chi connectivity index (χ4n) is 1.64. The van der Waals surface area contributed by atoms with Crippen LogP contribution in [0, 0.1) is 5.92 Å². The fraction of sp³-hybridized carbons (Fsp3) is 0.833. The summed E-state index contributed by atoms with van der Waals surface area (Å²) in [4.78, 5) is 20.8. The number of carbonyl (C=O) groups excluding carboxylic acids is 2. The monoisotopic (exact) mass is 242 g/mol. The number of carboxylic acids is 2. The van der Waals surface area contributed by atoms with E-state index < -0.39 is 17.9 Å². The van der Waals surface area contributed by atoms with E-state index >= 15 is 0 Å². The van der Waals surface area contributed by atoms with E-state index in [2.05, 4.69) is 6.92 Å². The molecule has 0 aliphatic carbocycles. The van der Waals surface area contributed by atoms with Gasteiger partial charge in [-0.1, -0.05) is 51.9 Å². The Kier molecular flexibility index (Phi) is 19.6. The van der Waals surface area contributed by atoms with Crippen LogP contribution in [0.3, 0.4) is 0 Å². The van der Waals surface area contributed by atoms with Gasteiger partial charge in [0.2, 0.25) is 0 Å². The molecule has 0 bridgehead atoms. The van der Waals surface area contributed by atoms with Gasteiger partial charge in [0.25, 0.3) is 0 Å². The van der Waals surface area contributed by atoms with Crippen LogP contribution in [0.15, 0.2) is 0 Å². The van der Waals surface area contributed by atoms with Crippen LogP contribution in [0.4, 0.5) is 0 Å². The van der Waals surface area contributed by atoms with Crippen LogP contribution in [0.1, 0.15) is 58.3 Å². The molecule has 0 spiro atoms. The van der Waals surface area contributed by atoms with Gasteiger partial charge < -0.3 is 19.8 Å². The summed E-state index contributed by atoms with van der Waals surface area (Å²) in [5, 5.41) is 20.8. The topological polar surface area (TPSA) is 80.3 Å². The van der Waals surface area contributed by atoms with E-state index in [4.69, 9.17) is 0 Å². The second-order valence-electron chi connectivity index (χ2n) is 4.10. The molecule has 0 aromatic heterocycles. The molecule has 94 valence electrons. The SMILES string of the molecule is CCCCCCCCCC(C(=O)[O-])C(=O)[O-].[Li+].[Li+]. The molecule has 18 heavy (non-hydrogen) atoms. The maximum atomic E-state index is 10.4. The first kappa shape index (κ1) is 23.2. The molecule has 0 fully saturated rings. The molecule has 0 saturated carbocycles. The third kappa shape index (κ3) is 12.6. The molecule has 0 radical (unpaired) electrons. The van der Waals surface area contributed by atoms with Crippen molar-refractivity contribution in [3.63, 3.8) is 0 Å². The maximum Gasteiger partial charge on any atom is 1.00 e. The van der Waals surface area contributed by atoms with Gasteiger partial charge in [0, 0.05) is 5.92 Å². The largest absolute Gasteiger partial charge is 1.00 e. The van der Waals surface area contributed by atoms with E-state index in [-0.39, 0.29) is 44.1 Å². The molecule has 6 heteroatoms. The summed E-state index contributed by atoms with van der Waals surface area (Å²) in [6.45, 7) is 2.14. The van der Waals surface area contributed by atoms with Crippen LogP contribution in [-0.4, -0.2) is 11.9 Å². The predicted molar refractivity (Wildman–Crippen MR) is 56.1 cm³/mol. The fourth-order valence-corrected chi connectivity index (χ4v) is 1.64. The molecular weight excluding hydrogens is 222 g/mol. The van der Waals surface area contributed by atoms with E-state index in [1.165, 1.54) is 19.3 Å². The van der Waals surface area contributed by atoms with Crippen molar-refractivity contribution in [2.75, 3.05) is 0 Å². The second-order valence-corrected chi connectivity index (χ2v) is 4.10. The van der Waals surface area contributed by atoms with E-state index in [9.17, 15) is 19.8 Å². The van der Waals surface area contributed by atoms with Crippen LogP contribution in [0.25, 0.3) is 0 Å². The summed E-state index contributed by atoms with van der Waals surface area (Å²) in [6.07, 6.45) is 7.39. The molecule has 0 N–H and O–H groups in total. The first-order valence-corrected chi connectivity index (χ1v) is 6.01. The Morgan fingerprint density at radius 3 is 1.61 bits per heavy atom. The molecule has 4 nitrogen and oxygen atoms in total. The summed E-state index contributed by atoms with van der Waals surface area (Å²) >= 11 is 0. The average Bonchev–Trinajstić information content (AvgIpc) is 2.21. The van der Waals surface area contributed by atoms with Crippen molar-refractivity contribution in [1.82, 2.24) is 0 Å². The molecule has 0 amide bonds. The minimum atomic E-state index is -1.54. The van der Waals surface area contributed by atoms with Crippen molar-refractivity contribution in [1.29, 1.82) is 0 Å². The van der Waals surface area contributed by atoms with E-state index in [0.29, 0.717) is 6.42 Å². The molecule has 0 aromatic carbocycles. The predicted octanol–water partition coefficient (Wildman–Crippen LogP) is -5.75. The molecule has 0 saturated heterocycles. The Balaban J connectivity index is -0.00000112. The summed E-state index contributed by atoms with van der Waals surface area (Å²) in [5.74, 6) is -4.52. The molecule has 0 atom stereocenters. The first-order valence-electron chi connectivity index (χ1n) is 6.01. The van der Waals surface area contributed by atoms with E-state index in [0.717, 1.165) is 19.3 Å². The molecule has 0 aromatic rings. The Labute approximate surface area is 133 Å². The number of unbranched alkanes of at least 4 members (excludes halogenated alkanes) is 6. The third-order valence-electron chi connectivity index (χ3n) is 2.67. The number of carbonyl (C=O) groups is 2. The van der Waals surface area contributed by atoms with Gasteiger partial charge in [-0.05, 0) is 6.42 Å². The smallest absolute Gasteiger partial charge is 0.549 e. The van der Waals surface area contributed by atoms with Gasteiger partial charge in [-0.3, -0.25) is 0 Å². The van der Waals surface area contributed by atoms with Gasteiger partial charge in [-0.25, -0.2) is 0 Å². The minimum Gasteiger partial charge on any atom is -0.549 e. The number of aliphatic carboxylic acids is 2. The molecule has 0 aliphatic heterocycles. The summed E-state index contributed by atoms with van der Waals surface area (Å²) in [7, 11) is 0. The Hall–Kier alpha value is 0.135. The Morgan fingerprint density at radius 1 is 0.833 bits per heavy atom. The zero-order chi connectivity index (χ0) is 12.4. The zero-order valence-corrected chi connectivity index (χ0v) is 11.9. The van der Waals surface area contributed by atoms with Gasteiger partial charge in [0.05, 0.1) is 11.9 Å². The van der Waals surface area contributed by atoms with E-state index in [1.54, 1.807) is 0 Å². The number of hydrogen-bond donors (Lipinski definition) is 0. The molecule has 0 aliphatic rings. The van der Waals surface area contributed by atoms with Crippen LogP contribution < -0.4 is 47.9 Å². The van der Waals surface area contributed by atoms with Gasteiger partial charge >= 0.3 is 37.7 Å². The van der Waals surface area contributed by atoms with Crippen LogP contribution in [0.2, 0.25) is 0 Å². The first-order chi connectivity index (χ1) is 7.59. The van der Waals surface area contributed by atoms with Gasteiger partial charge in [0.15, 0.2) is 0 Å². The Bertz CT molecular complexity index is 208. The van der Waals surface area contributed by atoms with Crippen LogP contribution in [0.5, 0.6) is 0 Å². The van der Waals surface area contributed by atoms with Crippen molar-refractivity contribution in [2.24, 2.45) is 5.92 Å². The van der Waals surface area contributed by atoms with Gasteiger partial charge in [-0.15, -0.1) is 0 Å². The van der Waals surface area contributed by atoms with Gasteiger partial charge in [0.1, 0.15) is 0 Å². The molecule has 0 heterocycles. The average molecular weight is 242 g/mol. The Morgan fingerprint density at radius 2 is 1.22 bits per heavy atom. The quantitative estimate of drug-likeness (QED) is 0.217. The normalized spacial score (nSPS) is 9.44. The van der Waals surface area contributed by atoms with Crippen LogP contribution >= 0.6 is 0 Å². The minimum absolute atomic E-state index is 0. The van der Waals surface area contributed by atoms with Crippen molar-refractivity contribution in [3.8, 4) is 0 Å². The molecular formula is C12H20Li2O4. The second kappa shape index (κ2) is 15.2. The number of carboxylic acid groups (broad SMARTS) is 2. The number of hydrogen-bond acceptors (Lipinski definition) is 4. The van der Waals surface area contributed by atoms with Crippen LogP contribution in [-0.2, 0) is 9.59 Å². The van der Waals surface area contributed by atoms with Gasteiger partial charge in [-0.2, -0.15) is 0 Å².